The van der Waals surface area contributed by atoms with Gasteiger partial charge in [0.1, 0.15) is 11.4 Å². The van der Waals surface area contributed by atoms with E-state index in [1.807, 2.05) is 0 Å². The van der Waals surface area contributed by atoms with E-state index in [4.69, 9.17) is 9.47 Å². The fraction of sp³-hybridized carbons (Fsp3) is 0.200. The number of methoxy groups -OCH3 is 1. The van der Waals surface area contributed by atoms with Crippen molar-refractivity contribution in [1.82, 2.24) is 0 Å². The molecular formula is C15H9F5O2. The summed E-state index contributed by atoms with van der Waals surface area (Å²) in [6.45, 7) is -0.183. The maximum absolute atomic E-state index is 13.9. The fourth-order valence-corrected chi connectivity index (χ4v) is 2.35. The Labute approximate surface area is 122 Å². The van der Waals surface area contributed by atoms with Gasteiger partial charge in [-0.1, -0.05) is 12.1 Å². The molecule has 1 fully saturated rings. The summed E-state index contributed by atoms with van der Waals surface area (Å²) in [6, 6.07) is 5.91. The minimum Gasteiger partial charge on any atom is -0.497 e. The minimum atomic E-state index is -2.19. The third-order valence-electron chi connectivity index (χ3n) is 3.60. The van der Waals surface area contributed by atoms with Gasteiger partial charge in [-0.05, 0) is 17.7 Å². The van der Waals surface area contributed by atoms with E-state index in [-0.39, 0.29) is 12.2 Å². The highest BCUT2D eigenvalue weighted by Gasteiger charge is 2.53. The first-order chi connectivity index (χ1) is 10.4. The quantitative estimate of drug-likeness (QED) is 0.373. The van der Waals surface area contributed by atoms with Crippen LogP contribution in [-0.2, 0) is 10.3 Å². The lowest BCUT2D eigenvalue weighted by molar-refractivity contribution is 0.308. The first kappa shape index (κ1) is 14.8. The Balaban J connectivity index is 2.18. The first-order valence-corrected chi connectivity index (χ1v) is 6.23. The fourth-order valence-electron chi connectivity index (χ4n) is 2.35. The summed E-state index contributed by atoms with van der Waals surface area (Å²) in [4.78, 5) is 0. The molecule has 22 heavy (non-hydrogen) atoms. The maximum Gasteiger partial charge on any atom is 0.200 e. The van der Waals surface area contributed by atoms with Gasteiger partial charge in [0, 0.05) is 0 Å². The van der Waals surface area contributed by atoms with Crippen molar-refractivity contribution in [3.63, 3.8) is 0 Å². The van der Waals surface area contributed by atoms with E-state index in [1.165, 1.54) is 31.4 Å². The van der Waals surface area contributed by atoms with Crippen molar-refractivity contribution in [2.24, 2.45) is 0 Å². The van der Waals surface area contributed by atoms with E-state index in [9.17, 15) is 22.0 Å². The Kier molecular flexibility index (Phi) is 3.32. The van der Waals surface area contributed by atoms with Gasteiger partial charge in [0.15, 0.2) is 23.3 Å². The lowest BCUT2D eigenvalue weighted by Crippen LogP contribution is -2.19. The Morgan fingerprint density at radius 3 is 1.73 bits per heavy atom. The minimum absolute atomic E-state index is 0.183. The van der Waals surface area contributed by atoms with Crippen LogP contribution in [0.3, 0.4) is 0 Å². The second kappa shape index (κ2) is 4.95. The Bertz CT molecular complexity index is 710. The maximum atomic E-state index is 13.9. The van der Waals surface area contributed by atoms with Gasteiger partial charge < -0.3 is 9.47 Å². The average Bonchev–Trinajstić information content (AvgIpc) is 3.33. The van der Waals surface area contributed by atoms with Crippen molar-refractivity contribution in [3.8, 4) is 5.75 Å². The van der Waals surface area contributed by atoms with E-state index in [1.54, 1.807) is 0 Å². The molecule has 1 atom stereocenters. The molecule has 2 aromatic carbocycles. The summed E-state index contributed by atoms with van der Waals surface area (Å²) >= 11 is 0. The molecule has 0 aliphatic carbocycles. The Morgan fingerprint density at radius 1 is 0.864 bits per heavy atom. The van der Waals surface area contributed by atoms with Gasteiger partial charge in [-0.25, -0.2) is 22.0 Å². The van der Waals surface area contributed by atoms with Crippen molar-refractivity contribution < 1.29 is 31.4 Å². The second-order valence-electron chi connectivity index (χ2n) is 4.79. The van der Waals surface area contributed by atoms with Crippen LogP contribution in [0.25, 0.3) is 0 Å². The Hall–Kier alpha value is -2.15. The van der Waals surface area contributed by atoms with Gasteiger partial charge in [0.2, 0.25) is 5.82 Å². The number of ether oxygens (including phenoxy) is 2. The van der Waals surface area contributed by atoms with Crippen LogP contribution in [0.4, 0.5) is 22.0 Å². The van der Waals surface area contributed by atoms with Gasteiger partial charge in [-0.3, -0.25) is 0 Å². The molecule has 1 unspecified atom stereocenters. The number of halogens is 5. The second-order valence-corrected chi connectivity index (χ2v) is 4.79. The lowest BCUT2D eigenvalue weighted by atomic mass is 9.90. The van der Waals surface area contributed by atoms with E-state index in [2.05, 4.69) is 0 Å². The van der Waals surface area contributed by atoms with Crippen LogP contribution in [0.5, 0.6) is 5.75 Å². The zero-order valence-corrected chi connectivity index (χ0v) is 11.2. The summed E-state index contributed by atoms with van der Waals surface area (Å²) in [5.74, 6) is -9.45. The molecule has 116 valence electrons. The van der Waals surface area contributed by atoms with Gasteiger partial charge in [-0.15, -0.1) is 0 Å². The monoisotopic (exact) mass is 316 g/mol. The third-order valence-corrected chi connectivity index (χ3v) is 3.60. The molecule has 7 heteroatoms. The molecule has 0 radical (unpaired) electrons. The molecule has 1 saturated heterocycles. The predicted octanol–water partition coefficient (Wildman–Crippen LogP) is 3.66. The molecule has 3 rings (SSSR count). The van der Waals surface area contributed by atoms with Crippen molar-refractivity contribution in [1.29, 1.82) is 0 Å². The molecule has 0 N–H and O–H groups in total. The topological polar surface area (TPSA) is 21.8 Å². The Morgan fingerprint density at radius 2 is 1.32 bits per heavy atom. The van der Waals surface area contributed by atoms with Crippen molar-refractivity contribution in [2.75, 3.05) is 13.7 Å². The molecule has 2 nitrogen and oxygen atoms in total. The lowest BCUT2D eigenvalue weighted by Gasteiger charge is -2.16. The molecule has 0 aromatic heterocycles. The highest BCUT2D eigenvalue weighted by molar-refractivity contribution is 5.44. The van der Waals surface area contributed by atoms with Crippen LogP contribution in [0.1, 0.15) is 11.1 Å². The van der Waals surface area contributed by atoms with Gasteiger partial charge in [0.05, 0.1) is 19.3 Å². The van der Waals surface area contributed by atoms with Crippen LogP contribution in [-0.4, -0.2) is 13.7 Å². The van der Waals surface area contributed by atoms with Crippen LogP contribution in [0, 0.1) is 29.1 Å². The number of hydrogen-bond donors (Lipinski definition) is 0. The van der Waals surface area contributed by atoms with E-state index >= 15 is 0 Å². The third kappa shape index (κ3) is 1.96. The number of hydrogen-bond acceptors (Lipinski definition) is 2. The smallest absolute Gasteiger partial charge is 0.200 e. The molecular weight excluding hydrogens is 307 g/mol. The van der Waals surface area contributed by atoms with E-state index < -0.39 is 40.3 Å². The van der Waals surface area contributed by atoms with Crippen LogP contribution in [0.2, 0.25) is 0 Å². The first-order valence-electron chi connectivity index (χ1n) is 6.23. The molecule has 1 heterocycles. The highest BCUT2D eigenvalue weighted by Crippen LogP contribution is 2.48. The average molecular weight is 316 g/mol. The molecule has 0 amide bonds. The molecule has 1 aliphatic heterocycles. The van der Waals surface area contributed by atoms with Crippen molar-refractivity contribution >= 4 is 0 Å². The van der Waals surface area contributed by atoms with E-state index in [0.29, 0.717) is 5.75 Å². The summed E-state index contributed by atoms with van der Waals surface area (Å²) in [5, 5.41) is 0. The zero-order chi connectivity index (χ0) is 16.1. The van der Waals surface area contributed by atoms with Crippen LogP contribution in [0.15, 0.2) is 24.3 Å². The zero-order valence-electron chi connectivity index (χ0n) is 11.2. The normalized spacial score (nSPS) is 20.1. The summed E-state index contributed by atoms with van der Waals surface area (Å²) in [5.41, 5.74) is -2.37. The number of rotatable bonds is 3. The molecule has 0 spiro atoms. The van der Waals surface area contributed by atoms with Crippen molar-refractivity contribution in [3.05, 3.63) is 64.5 Å². The standard InChI is InChI=1S/C15H9F5O2/c1-21-8-4-2-7(3-5-8)15(6-22-15)9-10(16)12(18)14(20)13(19)11(9)17/h2-5H,6H2,1H3. The molecule has 2 aromatic rings. The molecule has 1 aliphatic rings. The summed E-state index contributed by atoms with van der Waals surface area (Å²) in [6.07, 6.45) is 0. The largest absolute Gasteiger partial charge is 0.497 e. The van der Waals surface area contributed by atoms with E-state index in [0.717, 1.165) is 0 Å². The van der Waals surface area contributed by atoms with Crippen LogP contribution >= 0.6 is 0 Å². The molecule has 0 saturated carbocycles. The number of epoxide rings is 1. The predicted molar refractivity (Wildman–Crippen MR) is 66.0 cm³/mol. The summed E-state index contributed by atoms with van der Waals surface area (Å²) < 4.78 is 77.8. The van der Waals surface area contributed by atoms with Crippen LogP contribution < -0.4 is 4.74 Å². The van der Waals surface area contributed by atoms with Gasteiger partial charge >= 0.3 is 0 Å². The highest BCUT2D eigenvalue weighted by atomic mass is 19.2. The SMILES string of the molecule is COc1ccc(C2(c3c(F)c(F)c(F)c(F)c3F)CO2)cc1. The summed E-state index contributed by atoms with van der Waals surface area (Å²) in [7, 11) is 1.43. The van der Waals surface area contributed by atoms with Crippen molar-refractivity contribution in [2.45, 2.75) is 5.60 Å². The number of benzene rings is 2. The molecule has 0 bridgehead atoms. The van der Waals surface area contributed by atoms with Gasteiger partial charge in [-0.2, -0.15) is 0 Å². The van der Waals surface area contributed by atoms with Gasteiger partial charge in [0.25, 0.3) is 0 Å².